The Labute approximate surface area is 209 Å². The first-order valence-electron chi connectivity index (χ1n) is 12.0. The quantitative estimate of drug-likeness (QED) is 0.414. The van der Waals surface area contributed by atoms with E-state index >= 15 is 0 Å². The van der Waals surface area contributed by atoms with Crippen molar-refractivity contribution in [3.05, 3.63) is 84.4 Å². The number of carbonyl (C=O) groups is 2. The Morgan fingerprint density at radius 1 is 0.917 bits per heavy atom. The second-order valence-corrected chi connectivity index (χ2v) is 8.67. The molecule has 0 spiro atoms. The fourth-order valence-electron chi connectivity index (χ4n) is 4.25. The van der Waals surface area contributed by atoms with Crippen LogP contribution in [0.2, 0.25) is 0 Å². The SMILES string of the molecule is O=C(CN(Cc1ccccc1)C(=O)Cn1nnc2ccccc21)Nc1ccc(N2CCOCC2)cc1. The summed E-state index contributed by atoms with van der Waals surface area (Å²) in [5.74, 6) is -0.478. The van der Waals surface area contributed by atoms with Gasteiger partial charge in [0.25, 0.3) is 0 Å². The largest absolute Gasteiger partial charge is 0.378 e. The molecule has 9 nitrogen and oxygen atoms in total. The predicted octanol–water partition coefficient (Wildman–Crippen LogP) is 2.94. The summed E-state index contributed by atoms with van der Waals surface area (Å²) in [6, 6.07) is 24.9. The van der Waals surface area contributed by atoms with Crippen molar-refractivity contribution in [2.45, 2.75) is 13.1 Å². The van der Waals surface area contributed by atoms with Crippen LogP contribution in [0.5, 0.6) is 0 Å². The summed E-state index contributed by atoms with van der Waals surface area (Å²) in [6.07, 6.45) is 0. The van der Waals surface area contributed by atoms with Gasteiger partial charge >= 0.3 is 0 Å². The summed E-state index contributed by atoms with van der Waals surface area (Å²) in [5.41, 5.74) is 4.22. The standard InChI is InChI=1S/C27H28N6O3/c34-26(28-22-10-12-23(13-11-22)31-14-16-36-17-15-31)19-32(18-21-6-2-1-3-7-21)27(35)20-33-25-9-5-4-8-24(25)29-30-33/h1-13H,14-20H2,(H,28,34). The van der Waals surface area contributed by atoms with Gasteiger partial charge in [-0.15, -0.1) is 5.10 Å². The van der Waals surface area contributed by atoms with Crippen LogP contribution >= 0.6 is 0 Å². The lowest BCUT2D eigenvalue weighted by Gasteiger charge is -2.29. The van der Waals surface area contributed by atoms with Gasteiger partial charge in [0.15, 0.2) is 0 Å². The van der Waals surface area contributed by atoms with Crippen molar-refractivity contribution >= 4 is 34.2 Å². The molecule has 5 rings (SSSR count). The second-order valence-electron chi connectivity index (χ2n) is 8.67. The van der Waals surface area contributed by atoms with E-state index in [9.17, 15) is 9.59 Å². The molecule has 184 valence electrons. The topological polar surface area (TPSA) is 92.6 Å². The summed E-state index contributed by atoms with van der Waals surface area (Å²) in [4.78, 5) is 30.1. The maximum Gasteiger partial charge on any atom is 0.245 e. The van der Waals surface area contributed by atoms with Crippen molar-refractivity contribution in [1.82, 2.24) is 19.9 Å². The number of hydrogen-bond acceptors (Lipinski definition) is 6. The minimum absolute atomic E-state index is 0.00509. The second kappa shape index (κ2) is 11.0. The number of rotatable bonds is 8. The molecule has 3 aromatic carbocycles. The number of morpholine rings is 1. The van der Waals surface area contributed by atoms with Gasteiger partial charge in [0.1, 0.15) is 18.6 Å². The molecule has 1 N–H and O–H groups in total. The van der Waals surface area contributed by atoms with E-state index in [0.717, 1.165) is 35.4 Å². The van der Waals surface area contributed by atoms with E-state index in [1.165, 1.54) is 0 Å². The molecule has 0 atom stereocenters. The number of benzene rings is 3. The Bertz CT molecular complexity index is 1320. The van der Waals surface area contributed by atoms with Crippen molar-refractivity contribution in [1.29, 1.82) is 0 Å². The molecule has 0 radical (unpaired) electrons. The van der Waals surface area contributed by atoms with Crippen LogP contribution in [-0.4, -0.2) is 64.6 Å². The maximum absolute atomic E-state index is 13.3. The van der Waals surface area contributed by atoms with Crippen molar-refractivity contribution in [2.24, 2.45) is 0 Å². The van der Waals surface area contributed by atoms with Crippen LogP contribution in [-0.2, 0) is 27.4 Å². The molecule has 9 heteroatoms. The summed E-state index contributed by atoms with van der Waals surface area (Å²) in [7, 11) is 0. The summed E-state index contributed by atoms with van der Waals surface area (Å²) >= 11 is 0. The number of nitrogens with zero attached hydrogens (tertiary/aromatic N) is 5. The number of amides is 2. The van der Waals surface area contributed by atoms with E-state index in [1.807, 2.05) is 78.9 Å². The van der Waals surface area contributed by atoms with Gasteiger partial charge in [0.2, 0.25) is 11.8 Å². The molecule has 1 saturated heterocycles. The molecule has 36 heavy (non-hydrogen) atoms. The van der Waals surface area contributed by atoms with Crippen LogP contribution in [0, 0.1) is 0 Å². The van der Waals surface area contributed by atoms with E-state index in [4.69, 9.17) is 4.74 Å². The monoisotopic (exact) mass is 484 g/mol. The van der Waals surface area contributed by atoms with Gasteiger partial charge in [0.05, 0.1) is 18.7 Å². The number of anilines is 2. The molecule has 0 bridgehead atoms. The van der Waals surface area contributed by atoms with Crippen molar-refractivity contribution < 1.29 is 14.3 Å². The van der Waals surface area contributed by atoms with Crippen LogP contribution < -0.4 is 10.2 Å². The summed E-state index contributed by atoms with van der Waals surface area (Å²) in [6.45, 7) is 3.37. The molecule has 0 aliphatic carbocycles. The van der Waals surface area contributed by atoms with Gasteiger partial charge < -0.3 is 19.9 Å². The van der Waals surface area contributed by atoms with Gasteiger partial charge in [-0.2, -0.15) is 0 Å². The van der Waals surface area contributed by atoms with E-state index in [1.54, 1.807) is 9.58 Å². The third-order valence-electron chi connectivity index (χ3n) is 6.14. The Morgan fingerprint density at radius 3 is 2.42 bits per heavy atom. The molecule has 0 saturated carbocycles. The van der Waals surface area contributed by atoms with Gasteiger partial charge in [-0.1, -0.05) is 47.7 Å². The number of ether oxygens (including phenoxy) is 1. The summed E-state index contributed by atoms with van der Waals surface area (Å²) < 4.78 is 6.98. The van der Waals surface area contributed by atoms with E-state index in [2.05, 4.69) is 20.5 Å². The van der Waals surface area contributed by atoms with E-state index in [0.29, 0.717) is 25.4 Å². The fourth-order valence-corrected chi connectivity index (χ4v) is 4.25. The smallest absolute Gasteiger partial charge is 0.245 e. The number of fused-ring (bicyclic) bond motifs is 1. The Balaban J connectivity index is 1.27. The molecule has 1 aliphatic heterocycles. The molecule has 4 aromatic rings. The summed E-state index contributed by atoms with van der Waals surface area (Å²) in [5, 5.41) is 11.2. The number of aromatic nitrogens is 3. The van der Waals surface area contributed by atoms with Gasteiger partial charge in [-0.3, -0.25) is 9.59 Å². The number of nitrogens with one attached hydrogen (secondary N) is 1. The fraction of sp³-hybridized carbons (Fsp3) is 0.259. The molecule has 0 unspecified atom stereocenters. The first kappa shape index (κ1) is 23.5. The molecule has 2 amide bonds. The Kier molecular flexibility index (Phi) is 7.18. The van der Waals surface area contributed by atoms with Crippen LogP contribution in [0.3, 0.4) is 0 Å². The zero-order valence-corrected chi connectivity index (χ0v) is 19.9. The number of hydrogen-bond donors (Lipinski definition) is 1. The van der Waals surface area contributed by atoms with E-state index < -0.39 is 0 Å². The van der Waals surface area contributed by atoms with Crippen molar-refractivity contribution in [2.75, 3.05) is 43.1 Å². The highest BCUT2D eigenvalue weighted by molar-refractivity contribution is 5.94. The van der Waals surface area contributed by atoms with Gasteiger partial charge in [-0.25, -0.2) is 4.68 Å². The lowest BCUT2D eigenvalue weighted by Crippen LogP contribution is -2.39. The lowest BCUT2D eigenvalue weighted by atomic mass is 10.2. The highest BCUT2D eigenvalue weighted by Gasteiger charge is 2.20. The third-order valence-corrected chi connectivity index (χ3v) is 6.14. The highest BCUT2D eigenvalue weighted by Crippen LogP contribution is 2.19. The van der Waals surface area contributed by atoms with Gasteiger partial charge in [0, 0.05) is 31.0 Å². The Hall–Kier alpha value is -4.24. The number of carbonyl (C=O) groups excluding carboxylic acids is 2. The average molecular weight is 485 g/mol. The minimum atomic E-state index is -0.262. The molecule has 2 heterocycles. The zero-order valence-electron chi connectivity index (χ0n) is 19.9. The van der Waals surface area contributed by atoms with Crippen molar-refractivity contribution in [3.8, 4) is 0 Å². The molecular formula is C27H28N6O3. The molecule has 1 fully saturated rings. The molecular weight excluding hydrogens is 456 g/mol. The van der Waals surface area contributed by atoms with Crippen LogP contribution in [0.1, 0.15) is 5.56 Å². The minimum Gasteiger partial charge on any atom is -0.378 e. The van der Waals surface area contributed by atoms with Gasteiger partial charge in [-0.05, 0) is 42.0 Å². The lowest BCUT2D eigenvalue weighted by molar-refractivity contribution is -0.136. The highest BCUT2D eigenvalue weighted by atomic mass is 16.5. The van der Waals surface area contributed by atoms with Crippen LogP contribution in [0.4, 0.5) is 11.4 Å². The first-order chi connectivity index (χ1) is 17.7. The van der Waals surface area contributed by atoms with Crippen LogP contribution in [0.15, 0.2) is 78.9 Å². The van der Waals surface area contributed by atoms with Crippen molar-refractivity contribution in [3.63, 3.8) is 0 Å². The zero-order chi connectivity index (χ0) is 24.7. The maximum atomic E-state index is 13.3. The third kappa shape index (κ3) is 5.69. The Morgan fingerprint density at radius 2 is 1.64 bits per heavy atom. The van der Waals surface area contributed by atoms with Crippen LogP contribution in [0.25, 0.3) is 11.0 Å². The predicted molar refractivity (Wildman–Crippen MR) is 137 cm³/mol. The first-order valence-corrected chi connectivity index (χ1v) is 12.0. The normalized spacial score (nSPS) is 13.5. The van der Waals surface area contributed by atoms with E-state index in [-0.39, 0.29) is 24.9 Å². The molecule has 1 aromatic heterocycles. The average Bonchev–Trinajstić information content (AvgIpc) is 3.32. The molecule has 1 aliphatic rings. The number of para-hydroxylation sites is 1.